The van der Waals surface area contributed by atoms with Gasteiger partial charge in [0.25, 0.3) is 0 Å². The van der Waals surface area contributed by atoms with Crippen molar-refractivity contribution in [2.24, 2.45) is 11.8 Å². The summed E-state index contributed by atoms with van der Waals surface area (Å²) >= 11 is 7.73. The molecule has 0 amide bonds. The van der Waals surface area contributed by atoms with Gasteiger partial charge in [-0.1, -0.05) is 18.5 Å². The monoisotopic (exact) mass is 383 g/mol. The van der Waals surface area contributed by atoms with E-state index in [-0.39, 0.29) is 33.6 Å². The lowest BCUT2D eigenvalue weighted by atomic mass is 9.87. The van der Waals surface area contributed by atoms with Crippen LogP contribution >= 0.6 is 22.9 Å². The Bertz CT molecular complexity index is 898. The van der Waals surface area contributed by atoms with Crippen LogP contribution in [0, 0.1) is 11.8 Å². The molecule has 0 aromatic carbocycles. The van der Waals surface area contributed by atoms with Crippen LogP contribution in [0.2, 0.25) is 0 Å². The molecule has 1 fully saturated rings. The van der Waals surface area contributed by atoms with Crippen LogP contribution in [0.3, 0.4) is 0 Å². The SMILES string of the molecule is CC1C(c2nccs2)=C(Cl)C(C(=O)CC(=O)C2CC2)=CC1=S(=O)=O. The lowest BCUT2D eigenvalue weighted by molar-refractivity contribution is -0.125. The second-order valence-electron chi connectivity index (χ2n) is 5.82. The zero-order chi connectivity index (χ0) is 17.4. The first-order chi connectivity index (χ1) is 11.4. The maximum absolute atomic E-state index is 12.5. The summed E-state index contributed by atoms with van der Waals surface area (Å²) in [5.41, 5.74) is 0.587. The van der Waals surface area contributed by atoms with E-state index in [9.17, 15) is 18.0 Å². The third kappa shape index (κ3) is 3.29. The highest BCUT2D eigenvalue weighted by molar-refractivity contribution is 7.73. The minimum Gasteiger partial charge on any atom is -0.299 e. The Morgan fingerprint density at radius 3 is 2.62 bits per heavy atom. The maximum atomic E-state index is 12.5. The summed E-state index contributed by atoms with van der Waals surface area (Å²) in [6.45, 7) is 1.71. The molecule has 5 nitrogen and oxygen atoms in total. The summed E-state index contributed by atoms with van der Waals surface area (Å²) < 4.78 is 23.1. The molecule has 1 aromatic rings. The summed E-state index contributed by atoms with van der Waals surface area (Å²) in [7, 11) is -2.49. The van der Waals surface area contributed by atoms with Crippen LogP contribution in [0.1, 0.15) is 31.2 Å². The number of hydrogen-bond donors (Lipinski definition) is 0. The number of thiazole rings is 1. The fourth-order valence-electron chi connectivity index (χ4n) is 2.64. The minimum atomic E-state index is -2.49. The summed E-state index contributed by atoms with van der Waals surface area (Å²) in [5.74, 6) is -1.08. The molecule has 126 valence electrons. The number of nitrogens with zero attached hydrogens (tertiary/aromatic N) is 1. The number of halogens is 1. The average molecular weight is 384 g/mol. The Kier molecular flexibility index (Phi) is 4.85. The summed E-state index contributed by atoms with van der Waals surface area (Å²) in [4.78, 5) is 28.7. The van der Waals surface area contributed by atoms with Crippen LogP contribution in [0.5, 0.6) is 0 Å². The van der Waals surface area contributed by atoms with E-state index in [0.29, 0.717) is 10.6 Å². The van der Waals surface area contributed by atoms with Crippen molar-refractivity contribution in [2.75, 3.05) is 0 Å². The molecule has 1 heterocycles. The van der Waals surface area contributed by atoms with Crippen LogP contribution in [0.4, 0.5) is 0 Å². The van der Waals surface area contributed by atoms with Crippen LogP contribution in [0.25, 0.3) is 5.57 Å². The Hall–Kier alpha value is -1.57. The molecule has 3 rings (SSSR count). The standard InChI is InChI=1S/C16H14ClNO4S2/c1-8-13(24(21)22)6-10(12(20)7-11(19)9-2-3-9)15(17)14(8)16-18-4-5-23-16/h4-6,8-9H,2-3,7H2,1H3. The predicted molar refractivity (Wildman–Crippen MR) is 93.4 cm³/mol. The van der Waals surface area contributed by atoms with Gasteiger partial charge >= 0.3 is 0 Å². The first kappa shape index (κ1) is 17.3. The van der Waals surface area contributed by atoms with Gasteiger partial charge in [0.1, 0.15) is 10.8 Å². The molecule has 2 aliphatic rings. The van der Waals surface area contributed by atoms with Gasteiger partial charge in [-0.15, -0.1) is 11.3 Å². The lowest BCUT2D eigenvalue weighted by Gasteiger charge is -2.22. The molecular weight excluding hydrogens is 370 g/mol. The van der Waals surface area contributed by atoms with Crippen molar-refractivity contribution >= 4 is 55.2 Å². The molecule has 0 spiro atoms. The normalized spacial score (nSPS) is 20.8. The highest BCUT2D eigenvalue weighted by Crippen LogP contribution is 2.39. The first-order valence-corrected chi connectivity index (χ1v) is 9.77. The smallest absolute Gasteiger partial charge is 0.217 e. The lowest BCUT2D eigenvalue weighted by Crippen LogP contribution is -2.22. The van der Waals surface area contributed by atoms with Gasteiger partial charge in [-0.05, 0) is 18.9 Å². The topological polar surface area (TPSA) is 81.2 Å². The Balaban J connectivity index is 2.05. The molecule has 1 unspecified atom stereocenters. The van der Waals surface area contributed by atoms with Crippen LogP contribution in [0.15, 0.2) is 28.3 Å². The van der Waals surface area contributed by atoms with Crippen molar-refractivity contribution in [1.82, 2.24) is 4.98 Å². The summed E-state index contributed by atoms with van der Waals surface area (Å²) in [6.07, 6.45) is 4.27. The van der Waals surface area contributed by atoms with Crippen molar-refractivity contribution in [2.45, 2.75) is 26.2 Å². The molecule has 0 N–H and O–H groups in total. The Morgan fingerprint density at radius 2 is 2.08 bits per heavy atom. The van der Waals surface area contributed by atoms with Crippen LogP contribution in [-0.2, 0) is 19.9 Å². The third-order valence-corrected chi connectivity index (χ3v) is 6.21. The molecule has 0 bridgehead atoms. The predicted octanol–water partition coefficient (Wildman–Crippen LogP) is 2.66. The number of hydrogen-bond acceptors (Lipinski definition) is 6. The van der Waals surface area contributed by atoms with Gasteiger partial charge < -0.3 is 0 Å². The molecular formula is C16H14ClNO4S2. The number of aromatic nitrogens is 1. The fraction of sp³-hybridized carbons (Fsp3) is 0.375. The van der Waals surface area contributed by atoms with Crippen molar-refractivity contribution in [3.05, 3.63) is 33.3 Å². The Labute approximate surface area is 149 Å². The van der Waals surface area contributed by atoms with E-state index in [2.05, 4.69) is 4.98 Å². The number of allylic oxidation sites excluding steroid dienone is 4. The second-order valence-corrected chi connectivity index (χ2v) is 8.04. The van der Waals surface area contributed by atoms with E-state index in [0.717, 1.165) is 12.8 Å². The molecule has 0 aliphatic heterocycles. The van der Waals surface area contributed by atoms with E-state index in [1.54, 1.807) is 18.5 Å². The van der Waals surface area contributed by atoms with Gasteiger partial charge in [-0.3, -0.25) is 9.59 Å². The highest BCUT2D eigenvalue weighted by Gasteiger charge is 2.35. The third-order valence-electron chi connectivity index (χ3n) is 4.14. The van der Waals surface area contributed by atoms with E-state index in [4.69, 9.17) is 11.6 Å². The molecule has 1 aromatic heterocycles. The van der Waals surface area contributed by atoms with E-state index in [1.165, 1.54) is 17.4 Å². The maximum Gasteiger partial charge on any atom is 0.217 e. The van der Waals surface area contributed by atoms with Crippen LogP contribution in [-0.4, -0.2) is 29.8 Å². The van der Waals surface area contributed by atoms with Gasteiger partial charge in [0.2, 0.25) is 10.3 Å². The summed E-state index contributed by atoms with van der Waals surface area (Å²) in [5, 5.41) is 2.51. The molecule has 8 heteroatoms. The van der Waals surface area contributed by atoms with Gasteiger partial charge in [-0.25, -0.2) is 4.98 Å². The number of ketones is 2. The van der Waals surface area contributed by atoms with Crippen molar-refractivity contribution < 1.29 is 18.0 Å². The van der Waals surface area contributed by atoms with E-state index >= 15 is 0 Å². The zero-order valence-corrected chi connectivity index (χ0v) is 15.2. The van der Waals surface area contributed by atoms with Gasteiger partial charge in [0, 0.05) is 34.6 Å². The number of carbonyl (C=O) groups is 2. The largest absolute Gasteiger partial charge is 0.299 e. The number of Topliss-reactive ketones (excluding diaryl/α,β-unsaturated/α-hetero) is 2. The fourth-order valence-corrected chi connectivity index (χ4v) is 4.51. The van der Waals surface area contributed by atoms with E-state index in [1.807, 2.05) is 0 Å². The van der Waals surface area contributed by atoms with Crippen LogP contribution < -0.4 is 0 Å². The van der Waals surface area contributed by atoms with Crippen molar-refractivity contribution in [3.63, 3.8) is 0 Å². The molecule has 0 saturated heterocycles. The van der Waals surface area contributed by atoms with Gasteiger partial charge in [0.15, 0.2) is 5.78 Å². The minimum absolute atomic E-state index is 0.0321. The Morgan fingerprint density at radius 1 is 1.38 bits per heavy atom. The first-order valence-electron chi connectivity index (χ1n) is 7.43. The number of carbonyl (C=O) groups excluding carboxylic acids is 2. The molecule has 0 radical (unpaired) electrons. The molecule has 2 aliphatic carbocycles. The van der Waals surface area contributed by atoms with Crippen molar-refractivity contribution in [3.8, 4) is 0 Å². The van der Waals surface area contributed by atoms with Gasteiger partial charge in [-0.2, -0.15) is 8.42 Å². The van der Waals surface area contributed by atoms with E-state index < -0.39 is 22.0 Å². The summed E-state index contributed by atoms with van der Waals surface area (Å²) in [6, 6.07) is 0. The van der Waals surface area contributed by atoms with Crippen molar-refractivity contribution in [1.29, 1.82) is 0 Å². The van der Waals surface area contributed by atoms with Gasteiger partial charge in [0.05, 0.1) is 16.3 Å². The molecule has 1 atom stereocenters. The molecule has 24 heavy (non-hydrogen) atoms. The quantitative estimate of drug-likeness (QED) is 0.576. The zero-order valence-electron chi connectivity index (χ0n) is 12.8. The average Bonchev–Trinajstić information content (AvgIpc) is 3.24. The highest BCUT2D eigenvalue weighted by atomic mass is 35.5. The molecule has 1 saturated carbocycles. The second kappa shape index (κ2) is 6.74. The number of rotatable bonds is 5.